The number of aromatic nitrogens is 1. The highest BCUT2D eigenvalue weighted by atomic mass is 79.9. The lowest BCUT2D eigenvalue weighted by molar-refractivity contribution is 0.0696. The van der Waals surface area contributed by atoms with Crippen molar-refractivity contribution in [2.24, 2.45) is 0 Å². The van der Waals surface area contributed by atoms with Gasteiger partial charge in [0.2, 0.25) is 0 Å². The second kappa shape index (κ2) is 6.53. The number of benzene rings is 2. The van der Waals surface area contributed by atoms with Crippen molar-refractivity contribution in [2.45, 2.75) is 6.92 Å². The van der Waals surface area contributed by atoms with Gasteiger partial charge in [-0.15, -0.1) is 0 Å². The van der Waals surface area contributed by atoms with E-state index in [2.05, 4.69) is 15.9 Å². The van der Waals surface area contributed by atoms with Crippen molar-refractivity contribution in [1.29, 1.82) is 0 Å². The molecule has 122 valence electrons. The number of hydrogen-bond acceptors (Lipinski definition) is 2. The fraction of sp³-hybridized carbons (Fsp3) is 0.105. The van der Waals surface area contributed by atoms with Crippen molar-refractivity contribution in [3.8, 4) is 22.7 Å². The van der Waals surface area contributed by atoms with Gasteiger partial charge in [0.15, 0.2) is 0 Å². The van der Waals surface area contributed by atoms with Crippen LogP contribution in [-0.2, 0) is 0 Å². The van der Waals surface area contributed by atoms with E-state index >= 15 is 0 Å². The van der Waals surface area contributed by atoms with E-state index in [-0.39, 0.29) is 0 Å². The van der Waals surface area contributed by atoms with E-state index in [0.717, 1.165) is 32.7 Å². The number of ether oxygens (including phenoxy) is 1. The van der Waals surface area contributed by atoms with Gasteiger partial charge in [0.25, 0.3) is 0 Å². The molecule has 1 heterocycles. The van der Waals surface area contributed by atoms with Gasteiger partial charge in [-0.2, -0.15) is 0 Å². The molecule has 0 aliphatic carbocycles. The molecule has 3 aromatic rings. The second-order valence-electron chi connectivity index (χ2n) is 5.41. The lowest BCUT2D eigenvalue weighted by Crippen LogP contribution is -2.03. The topological polar surface area (TPSA) is 51.5 Å². The van der Waals surface area contributed by atoms with Crippen LogP contribution in [0.3, 0.4) is 0 Å². The molecule has 1 aromatic heterocycles. The molecule has 2 aromatic carbocycles. The molecule has 0 spiro atoms. The van der Waals surface area contributed by atoms with E-state index in [1.54, 1.807) is 20.1 Å². The maximum absolute atomic E-state index is 11.4. The summed E-state index contributed by atoms with van der Waals surface area (Å²) in [7, 11) is 1.63. The molecule has 5 heteroatoms. The van der Waals surface area contributed by atoms with E-state index in [1.807, 2.05) is 53.2 Å². The molecule has 0 unspecified atom stereocenters. The minimum atomic E-state index is -0.928. The number of nitrogens with zero attached hydrogens (tertiary/aromatic N) is 1. The first kappa shape index (κ1) is 16.3. The number of aryl methyl sites for hydroxylation is 1. The van der Waals surface area contributed by atoms with Crippen LogP contribution in [0.4, 0.5) is 0 Å². The summed E-state index contributed by atoms with van der Waals surface area (Å²) in [5.74, 6) is -0.174. The summed E-state index contributed by atoms with van der Waals surface area (Å²) in [5, 5.41) is 9.36. The Morgan fingerprint density at radius 1 is 1.17 bits per heavy atom. The van der Waals surface area contributed by atoms with Gasteiger partial charge in [0, 0.05) is 21.9 Å². The zero-order chi connectivity index (χ0) is 17.3. The fourth-order valence-electron chi connectivity index (χ4n) is 2.70. The maximum atomic E-state index is 11.4. The highest BCUT2D eigenvalue weighted by Gasteiger charge is 2.14. The Balaban J connectivity index is 2.18. The third kappa shape index (κ3) is 2.95. The van der Waals surface area contributed by atoms with Gasteiger partial charge >= 0.3 is 5.97 Å². The molecule has 24 heavy (non-hydrogen) atoms. The Labute approximate surface area is 148 Å². The summed E-state index contributed by atoms with van der Waals surface area (Å²) in [6.07, 6.45) is 1.91. The van der Waals surface area contributed by atoms with Crippen molar-refractivity contribution in [2.75, 3.05) is 7.11 Å². The van der Waals surface area contributed by atoms with Crippen LogP contribution in [-0.4, -0.2) is 22.8 Å². The van der Waals surface area contributed by atoms with Crippen molar-refractivity contribution < 1.29 is 14.6 Å². The number of hydrogen-bond donors (Lipinski definition) is 1. The van der Waals surface area contributed by atoms with E-state index < -0.39 is 5.97 Å². The summed E-state index contributed by atoms with van der Waals surface area (Å²) < 4.78 is 8.37. The summed E-state index contributed by atoms with van der Waals surface area (Å²) in [4.78, 5) is 11.4. The van der Waals surface area contributed by atoms with E-state index in [4.69, 9.17) is 4.74 Å². The van der Waals surface area contributed by atoms with Gasteiger partial charge < -0.3 is 14.4 Å². The van der Waals surface area contributed by atoms with E-state index in [9.17, 15) is 9.90 Å². The Bertz CT molecular complexity index is 915. The number of methoxy groups -OCH3 is 1. The summed E-state index contributed by atoms with van der Waals surface area (Å²) >= 11 is 3.49. The molecule has 0 saturated carbocycles. The zero-order valence-electron chi connectivity index (χ0n) is 13.3. The molecule has 0 fully saturated rings. The van der Waals surface area contributed by atoms with Gasteiger partial charge in [-0.25, -0.2) is 4.79 Å². The number of carboxylic acid groups (broad SMARTS) is 1. The number of carboxylic acids is 1. The predicted octanol–water partition coefficient (Wildman–Crippen LogP) is 4.92. The minimum Gasteiger partial charge on any atom is -0.496 e. The largest absolute Gasteiger partial charge is 0.496 e. The third-order valence-corrected chi connectivity index (χ3v) is 4.41. The monoisotopic (exact) mass is 385 g/mol. The lowest BCUT2D eigenvalue weighted by Gasteiger charge is -2.14. The van der Waals surface area contributed by atoms with Crippen molar-refractivity contribution in [1.82, 2.24) is 4.57 Å². The number of aromatic carboxylic acids is 1. The molecule has 0 radical (unpaired) electrons. The first-order valence-corrected chi connectivity index (χ1v) is 8.16. The predicted molar refractivity (Wildman–Crippen MR) is 97.2 cm³/mol. The lowest BCUT2D eigenvalue weighted by atomic mass is 10.1. The van der Waals surface area contributed by atoms with Crippen LogP contribution in [0.5, 0.6) is 5.75 Å². The standard InChI is InChI=1S/C19H16BrNO3/c1-12-5-7-14(11-15(12)19(22)23)21-9-3-4-17(21)16-10-13(20)6-8-18(16)24-2/h3-11H,1-2H3,(H,22,23). The van der Waals surface area contributed by atoms with E-state index in [1.165, 1.54) is 0 Å². The summed E-state index contributed by atoms with van der Waals surface area (Å²) in [5.41, 5.74) is 3.68. The Kier molecular flexibility index (Phi) is 4.44. The molecule has 0 aliphatic heterocycles. The number of halogens is 1. The minimum absolute atomic E-state index is 0.299. The molecular formula is C19H16BrNO3. The van der Waals surface area contributed by atoms with Gasteiger partial charge in [0.05, 0.1) is 18.4 Å². The average Bonchev–Trinajstić information content (AvgIpc) is 3.04. The zero-order valence-corrected chi connectivity index (χ0v) is 14.9. The van der Waals surface area contributed by atoms with Crippen LogP contribution < -0.4 is 4.74 Å². The van der Waals surface area contributed by atoms with Crippen LogP contribution >= 0.6 is 15.9 Å². The first-order chi connectivity index (χ1) is 11.5. The quantitative estimate of drug-likeness (QED) is 0.692. The van der Waals surface area contributed by atoms with Gasteiger partial charge in [-0.1, -0.05) is 22.0 Å². The van der Waals surface area contributed by atoms with Crippen LogP contribution in [0.1, 0.15) is 15.9 Å². The molecule has 0 aliphatic rings. The SMILES string of the molecule is COc1ccc(Br)cc1-c1cccn1-c1ccc(C)c(C(=O)O)c1. The van der Waals surface area contributed by atoms with Gasteiger partial charge in [-0.3, -0.25) is 0 Å². The molecule has 4 nitrogen and oxygen atoms in total. The smallest absolute Gasteiger partial charge is 0.336 e. The molecule has 3 rings (SSSR count). The molecular weight excluding hydrogens is 370 g/mol. The van der Waals surface area contributed by atoms with Gasteiger partial charge in [0.1, 0.15) is 5.75 Å². The Hall–Kier alpha value is -2.53. The van der Waals surface area contributed by atoms with Crippen LogP contribution in [0.2, 0.25) is 0 Å². The molecule has 0 saturated heterocycles. The maximum Gasteiger partial charge on any atom is 0.336 e. The third-order valence-electron chi connectivity index (χ3n) is 3.92. The van der Waals surface area contributed by atoms with Crippen molar-refractivity contribution >= 4 is 21.9 Å². The van der Waals surface area contributed by atoms with Crippen LogP contribution in [0.15, 0.2) is 59.2 Å². The second-order valence-corrected chi connectivity index (χ2v) is 6.33. The summed E-state index contributed by atoms with van der Waals surface area (Å²) in [6, 6.07) is 15.1. The van der Waals surface area contributed by atoms with Crippen LogP contribution in [0.25, 0.3) is 16.9 Å². The highest BCUT2D eigenvalue weighted by Crippen LogP contribution is 2.34. The molecule has 1 N–H and O–H groups in total. The number of rotatable bonds is 4. The van der Waals surface area contributed by atoms with Crippen LogP contribution in [0, 0.1) is 6.92 Å². The van der Waals surface area contributed by atoms with Gasteiger partial charge in [-0.05, 0) is 55.0 Å². The number of carbonyl (C=O) groups is 1. The highest BCUT2D eigenvalue weighted by molar-refractivity contribution is 9.10. The molecule has 0 amide bonds. The van der Waals surface area contributed by atoms with E-state index in [0.29, 0.717) is 5.56 Å². The Morgan fingerprint density at radius 3 is 2.67 bits per heavy atom. The first-order valence-electron chi connectivity index (χ1n) is 7.37. The normalized spacial score (nSPS) is 10.6. The fourth-order valence-corrected chi connectivity index (χ4v) is 3.06. The van der Waals surface area contributed by atoms with Crippen molar-refractivity contribution in [3.63, 3.8) is 0 Å². The van der Waals surface area contributed by atoms with Crippen molar-refractivity contribution in [3.05, 3.63) is 70.3 Å². The summed E-state index contributed by atoms with van der Waals surface area (Å²) in [6.45, 7) is 1.79. The Morgan fingerprint density at radius 2 is 1.96 bits per heavy atom. The molecule has 0 atom stereocenters. The average molecular weight is 386 g/mol. The molecule has 0 bridgehead atoms.